The minimum Gasteiger partial charge on any atom is -0.488 e. The van der Waals surface area contributed by atoms with Crippen molar-refractivity contribution < 1.29 is 14.0 Å². The van der Waals surface area contributed by atoms with Crippen molar-refractivity contribution >= 4 is 30.3 Å². The summed E-state index contributed by atoms with van der Waals surface area (Å²) in [5, 5.41) is 0.547. The number of ether oxygens (including phenoxy) is 1. The van der Waals surface area contributed by atoms with Crippen LogP contribution in [0.25, 0.3) is 6.08 Å². The highest BCUT2D eigenvalue weighted by atomic mass is 35.5. The minimum atomic E-state index is -0.426. The Balaban J connectivity index is 1.62. The molecule has 2 aromatic carbocycles. The van der Waals surface area contributed by atoms with Crippen LogP contribution < -0.4 is 10.2 Å². The van der Waals surface area contributed by atoms with Gasteiger partial charge in [0.15, 0.2) is 0 Å². The Bertz CT molecular complexity index is 771. The number of halogens is 1. The highest BCUT2D eigenvalue weighted by Gasteiger charge is 2.51. The lowest BCUT2D eigenvalue weighted by Gasteiger charge is -2.32. The first-order valence-electron chi connectivity index (χ1n) is 8.78. The Labute approximate surface area is 161 Å². The van der Waals surface area contributed by atoms with Gasteiger partial charge in [0.2, 0.25) is 0 Å². The van der Waals surface area contributed by atoms with Crippen molar-refractivity contribution in [2.24, 2.45) is 0 Å². The topological polar surface area (TPSA) is 27.7 Å². The lowest BCUT2D eigenvalue weighted by Crippen LogP contribution is -2.41. The van der Waals surface area contributed by atoms with Gasteiger partial charge in [-0.2, -0.15) is 0 Å². The molecule has 5 heteroatoms. The van der Waals surface area contributed by atoms with Crippen LogP contribution in [0.4, 0.5) is 0 Å². The van der Waals surface area contributed by atoms with E-state index in [1.54, 1.807) is 0 Å². The van der Waals surface area contributed by atoms with Crippen LogP contribution in [0.2, 0.25) is 5.02 Å². The maximum absolute atomic E-state index is 6.39. The predicted molar refractivity (Wildman–Crippen MR) is 108 cm³/mol. The van der Waals surface area contributed by atoms with E-state index < -0.39 is 7.12 Å². The summed E-state index contributed by atoms with van der Waals surface area (Å²) in [4.78, 5) is 0. The van der Waals surface area contributed by atoms with Gasteiger partial charge in [-0.15, -0.1) is 0 Å². The molecule has 0 N–H and O–H groups in total. The van der Waals surface area contributed by atoms with Crippen LogP contribution in [-0.4, -0.2) is 24.9 Å². The molecule has 0 saturated carbocycles. The molecule has 0 aromatic heterocycles. The maximum atomic E-state index is 6.39. The molecule has 3 nitrogen and oxygen atoms in total. The van der Waals surface area contributed by atoms with Crippen molar-refractivity contribution in [2.45, 2.75) is 38.9 Å². The third-order valence-electron chi connectivity index (χ3n) is 4.93. The van der Waals surface area contributed by atoms with E-state index in [-0.39, 0.29) is 11.2 Å². The second-order valence-corrected chi connectivity index (χ2v) is 7.81. The van der Waals surface area contributed by atoms with Gasteiger partial charge in [-0.1, -0.05) is 54.1 Å². The van der Waals surface area contributed by atoms with Gasteiger partial charge in [-0.05, 0) is 56.9 Å². The average Bonchev–Trinajstić information content (AvgIpc) is 2.81. The SMILES string of the molecule is CC1(C)OB(c2ccc(OC/C=C/c3ccccc3)c(Cl)c2)OC1(C)C. The van der Waals surface area contributed by atoms with Crippen molar-refractivity contribution in [3.8, 4) is 5.75 Å². The molecule has 1 aliphatic rings. The average molecular weight is 371 g/mol. The number of benzene rings is 2. The van der Waals surface area contributed by atoms with Crippen LogP contribution >= 0.6 is 11.6 Å². The Kier molecular flexibility index (Phi) is 5.47. The van der Waals surface area contributed by atoms with Crippen LogP contribution in [0.15, 0.2) is 54.6 Å². The van der Waals surface area contributed by atoms with Crippen molar-refractivity contribution in [1.29, 1.82) is 0 Å². The molecule has 1 aliphatic heterocycles. The fourth-order valence-electron chi connectivity index (χ4n) is 2.65. The molecular weight excluding hydrogens is 346 g/mol. The molecule has 1 heterocycles. The highest BCUT2D eigenvalue weighted by Crippen LogP contribution is 2.37. The molecule has 3 rings (SSSR count). The molecule has 1 saturated heterocycles. The van der Waals surface area contributed by atoms with Crippen LogP contribution in [0.1, 0.15) is 33.3 Å². The van der Waals surface area contributed by atoms with Crippen LogP contribution in [0.5, 0.6) is 5.75 Å². The summed E-state index contributed by atoms with van der Waals surface area (Å²) in [6.45, 7) is 8.58. The minimum absolute atomic E-state index is 0.373. The molecular formula is C21H24BClO3. The zero-order chi connectivity index (χ0) is 18.8. The third-order valence-corrected chi connectivity index (χ3v) is 5.22. The molecule has 136 valence electrons. The van der Waals surface area contributed by atoms with Gasteiger partial charge in [-0.3, -0.25) is 0 Å². The molecule has 26 heavy (non-hydrogen) atoms. The van der Waals surface area contributed by atoms with Gasteiger partial charge >= 0.3 is 7.12 Å². The lowest BCUT2D eigenvalue weighted by atomic mass is 9.79. The summed E-state index contributed by atoms with van der Waals surface area (Å²) in [5.74, 6) is 0.643. The second kappa shape index (κ2) is 7.47. The standard InChI is InChI=1S/C21H24BClO3/c1-20(2)21(3,4)26-22(25-20)17-12-13-19(18(23)15-17)24-14-8-11-16-9-6-5-7-10-16/h5-13,15H,14H2,1-4H3/b11-8+. The number of rotatable bonds is 5. The highest BCUT2D eigenvalue weighted by molar-refractivity contribution is 6.62. The molecule has 0 amide bonds. The van der Waals surface area contributed by atoms with Gasteiger partial charge in [0.1, 0.15) is 12.4 Å². The molecule has 0 aliphatic carbocycles. The first-order chi connectivity index (χ1) is 12.3. The molecule has 0 radical (unpaired) electrons. The Hall–Kier alpha value is -1.75. The Morgan fingerprint density at radius 2 is 1.65 bits per heavy atom. The van der Waals surface area contributed by atoms with Gasteiger partial charge in [-0.25, -0.2) is 0 Å². The molecule has 0 unspecified atom stereocenters. The van der Waals surface area contributed by atoms with E-state index in [0.29, 0.717) is 17.4 Å². The number of hydrogen-bond donors (Lipinski definition) is 0. The van der Waals surface area contributed by atoms with Crippen molar-refractivity contribution in [2.75, 3.05) is 6.61 Å². The predicted octanol–water partition coefficient (Wildman–Crippen LogP) is 4.73. The van der Waals surface area contributed by atoms with E-state index in [0.717, 1.165) is 11.0 Å². The van der Waals surface area contributed by atoms with E-state index >= 15 is 0 Å². The van der Waals surface area contributed by atoms with Crippen molar-refractivity contribution in [1.82, 2.24) is 0 Å². The summed E-state index contributed by atoms with van der Waals surface area (Å²) in [6, 6.07) is 15.7. The molecule has 1 fully saturated rings. The van der Waals surface area contributed by atoms with Gasteiger partial charge in [0.25, 0.3) is 0 Å². The fourth-order valence-corrected chi connectivity index (χ4v) is 2.89. The maximum Gasteiger partial charge on any atom is 0.494 e. The largest absolute Gasteiger partial charge is 0.494 e. The van der Waals surface area contributed by atoms with E-state index in [4.69, 9.17) is 25.6 Å². The Morgan fingerprint density at radius 1 is 1.00 bits per heavy atom. The monoisotopic (exact) mass is 370 g/mol. The molecule has 0 bridgehead atoms. The zero-order valence-corrected chi connectivity index (χ0v) is 16.4. The second-order valence-electron chi connectivity index (χ2n) is 7.40. The van der Waals surface area contributed by atoms with E-state index in [2.05, 4.69) is 0 Å². The van der Waals surface area contributed by atoms with Crippen molar-refractivity contribution in [3.63, 3.8) is 0 Å². The summed E-state index contributed by atoms with van der Waals surface area (Å²) in [5.41, 5.74) is 1.28. The first kappa shape index (κ1) is 19.0. The quantitative estimate of drug-likeness (QED) is 0.712. The first-order valence-corrected chi connectivity index (χ1v) is 9.16. The van der Waals surface area contributed by atoms with E-state index in [1.165, 1.54) is 0 Å². The molecule has 0 atom stereocenters. The Morgan fingerprint density at radius 3 is 2.27 bits per heavy atom. The molecule has 2 aromatic rings. The van der Waals surface area contributed by atoms with Crippen LogP contribution in [0, 0.1) is 0 Å². The fraction of sp³-hybridized carbons (Fsp3) is 0.333. The van der Waals surface area contributed by atoms with Crippen LogP contribution in [-0.2, 0) is 9.31 Å². The van der Waals surface area contributed by atoms with Crippen LogP contribution in [0.3, 0.4) is 0 Å². The van der Waals surface area contributed by atoms with Gasteiger partial charge < -0.3 is 14.0 Å². The third kappa shape index (κ3) is 4.14. The van der Waals surface area contributed by atoms with Gasteiger partial charge in [0.05, 0.1) is 16.2 Å². The zero-order valence-electron chi connectivity index (χ0n) is 15.7. The lowest BCUT2D eigenvalue weighted by molar-refractivity contribution is 0.00578. The van der Waals surface area contributed by atoms with E-state index in [1.807, 2.05) is 88.4 Å². The number of hydrogen-bond acceptors (Lipinski definition) is 3. The summed E-state index contributed by atoms with van der Waals surface area (Å²) < 4.78 is 17.9. The van der Waals surface area contributed by atoms with E-state index in [9.17, 15) is 0 Å². The smallest absolute Gasteiger partial charge is 0.488 e. The summed E-state index contributed by atoms with van der Waals surface area (Å²) >= 11 is 6.39. The van der Waals surface area contributed by atoms with Gasteiger partial charge in [0, 0.05) is 0 Å². The van der Waals surface area contributed by atoms with Crippen molar-refractivity contribution in [3.05, 3.63) is 65.2 Å². The normalized spacial score (nSPS) is 18.4. The summed E-state index contributed by atoms with van der Waals surface area (Å²) in [6.07, 6.45) is 3.99. The molecule has 0 spiro atoms. The summed E-state index contributed by atoms with van der Waals surface area (Å²) in [7, 11) is -0.426.